The molecule has 0 saturated carbocycles. The molecule has 0 radical (unpaired) electrons. The molecule has 4 heteroatoms. The Morgan fingerprint density at radius 3 is 2.68 bits per heavy atom. The molecule has 0 saturated heterocycles. The summed E-state index contributed by atoms with van der Waals surface area (Å²) in [4.78, 5) is 4.81. The average Bonchev–Trinajstić information content (AvgIpc) is 2.88. The van der Waals surface area contributed by atoms with Crippen molar-refractivity contribution in [3.63, 3.8) is 0 Å². The van der Waals surface area contributed by atoms with E-state index in [1.54, 1.807) is 7.11 Å². The van der Waals surface area contributed by atoms with E-state index in [2.05, 4.69) is 23.6 Å². The smallest absolute Gasteiger partial charge is 0.141 e. The predicted octanol–water partition coefficient (Wildman–Crippen LogP) is 4.01. The summed E-state index contributed by atoms with van der Waals surface area (Å²) >= 11 is 0. The van der Waals surface area contributed by atoms with Crippen molar-refractivity contribution in [2.75, 3.05) is 12.8 Å². The molecule has 2 aromatic carbocycles. The maximum Gasteiger partial charge on any atom is 0.141 e. The van der Waals surface area contributed by atoms with Gasteiger partial charge in [-0.15, -0.1) is 0 Å². The number of anilines is 1. The van der Waals surface area contributed by atoms with Gasteiger partial charge in [0.15, 0.2) is 0 Å². The highest BCUT2D eigenvalue weighted by molar-refractivity contribution is 5.82. The molecule has 0 aliphatic heterocycles. The van der Waals surface area contributed by atoms with E-state index in [1.165, 1.54) is 0 Å². The van der Waals surface area contributed by atoms with Gasteiger partial charge < -0.3 is 15.0 Å². The fourth-order valence-electron chi connectivity index (χ4n) is 2.69. The van der Waals surface area contributed by atoms with Crippen LogP contribution in [-0.4, -0.2) is 16.7 Å². The largest absolute Gasteiger partial charge is 0.497 e. The minimum Gasteiger partial charge on any atom is -0.497 e. The van der Waals surface area contributed by atoms with Gasteiger partial charge in [-0.2, -0.15) is 0 Å². The SMILES string of the molecule is CCCn1c(-c2ccc(C)c(N)c2)nc2cc(OC)ccc21. The Balaban J connectivity index is 2.22. The van der Waals surface area contributed by atoms with E-state index >= 15 is 0 Å². The van der Waals surface area contributed by atoms with Gasteiger partial charge in [-0.05, 0) is 37.1 Å². The Bertz CT molecular complexity index is 821. The number of fused-ring (bicyclic) bond motifs is 1. The number of ether oxygens (including phenoxy) is 1. The standard InChI is InChI=1S/C18H21N3O/c1-4-9-21-17-8-7-14(22-3)11-16(17)20-18(21)13-6-5-12(2)15(19)10-13/h5-8,10-11H,4,9,19H2,1-3H3. The zero-order valence-electron chi connectivity index (χ0n) is 13.3. The second-order valence-corrected chi connectivity index (χ2v) is 5.51. The van der Waals surface area contributed by atoms with Crippen molar-refractivity contribution in [3.8, 4) is 17.1 Å². The van der Waals surface area contributed by atoms with Crippen LogP contribution in [0.15, 0.2) is 36.4 Å². The summed E-state index contributed by atoms with van der Waals surface area (Å²) in [5, 5.41) is 0. The van der Waals surface area contributed by atoms with Crippen molar-refractivity contribution < 1.29 is 4.74 Å². The van der Waals surface area contributed by atoms with Crippen LogP contribution in [0.3, 0.4) is 0 Å². The van der Waals surface area contributed by atoms with Gasteiger partial charge in [-0.25, -0.2) is 4.98 Å². The molecule has 0 unspecified atom stereocenters. The second kappa shape index (κ2) is 5.72. The van der Waals surface area contributed by atoms with Crippen molar-refractivity contribution in [2.45, 2.75) is 26.8 Å². The van der Waals surface area contributed by atoms with Crippen LogP contribution in [0.1, 0.15) is 18.9 Å². The lowest BCUT2D eigenvalue weighted by atomic mass is 10.1. The quantitative estimate of drug-likeness (QED) is 0.740. The van der Waals surface area contributed by atoms with Crippen molar-refractivity contribution in [1.82, 2.24) is 9.55 Å². The first-order valence-corrected chi connectivity index (χ1v) is 7.54. The number of rotatable bonds is 4. The monoisotopic (exact) mass is 295 g/mol. The molecule has 1 aromatic heterocycles. The molecule has 4 nitrogen and oxygen atoms in total. The van der Waals surface area contributed by atoms with Crippen molar-refractivity contribution in [3.05, 3.63) is 42.0 Å². The van der Waals surface area contributed by atoms with E-state index in [0.29, 0.717) is 0 Å². The lowest BCUT2D eigenvalue weighted by Crippen LogP contribution is -2.00. The van der Waals surface area contributed by atoms with Crippen molar-refractivity contribution in [2.24, 2.45) is 0 Å². The van der Waals surface area contributed by atoms with Crippen LogP contribution < -0.4 is 10.5 Å². The van der Waals surface area contributed by atoms with Gasteiger partial charge in [0, 0.05) is 23.9 Å². The number of nitrogen functional groups attached to an aromatic ring is 1. The molecule has 22 heavy (non-hydrogen) atoms. The highest BCUT2D eigenvalue weighted by atomic mass is 16.5. The van der Waals surface area contributed by atoms with Crippen LogP contribution in [0.2, 0.25) is 0 Å². The van der Waals surface area contributed by atoms with E-state index in [0.717, 1.165) is 52.4 Å². The molecule has 0 aliphatic carbocycles. The van der Waals surface area contributed by atoms with E-state index in [4.69, 9.17) is 15.5 Å². The summed E-state index contributed by atoms with van der Waals surface area (Å²) in [6.45, 7) is 5.10. The van der Waals surface area contributed by atoms with Crippen LogP contribution in [-0.2, 0) is 6.54 Å². The second-order valence-electron chi connectivity index (χ2n) is 5.51. The molecule has 114 valence electrons. The lowest BCUT2D eigenvalue weighted by Gasteiger charge is -2.09. The Labute approximate surface area is 130 Å². The number of imidazole rings is 1. The Kier molecular flexibility index (Phi) is 3.75. The minimum atomic E-state index is 0.796. The first kappa shape index (κ1) is 14.4. The van der Waals surface area contributed by atoms with Crippen LogP contribution in [0.5, 0.6) is 5.75 Å². The zero-order chi connectivity index (χ0) is 15.7. The topological polar surface area (TPSA) is 53.1 Å². The van der Waals surface area contributed by atoms with Crippen molar-refractivity contribution >= 4 is 16.7 Å². The van der Waals surface area contributed by atoms with Crippen LogP contribution in [0.4, 0.5) is 5.69 Å². The molecule has 2 N–H and O–H groups in total. The number of nitrogens with two attached hydrogens (primary N) is 1. The number of aromatic nitrogens is 2. The van der Waals surface area contributed by atoms with Crippen LogP contribution in [0.25, 0.3) is 22.4 Å². The van der Waals surface area contributed by atoms with E-state index in [9.17, 15) is 0 Å². The molecule has 0 bridgehead atoms. The highest BCUT2D eigenvalue weighted by Gasteiger charge is 2.13. The third kappa shape index (κ3) is 2.41. The summed E-state index contributed by atoms with van der Waals surface area (Å²) in [6, 6.07) is 12.1. The lowest BCUT2D eigenvalue weighted by molar-refractivity contribution is 0.415. The fourth-order valence-corrected chi connectivity index (χ4v) is 2.69. The first-order valence-electron chi connectivity index (χ1n) is 7.54. The predicted molar refractivity (Wildman–Crippen MR) is 91.2 cm³/mol. The maximum atomic E-state index is 6.06. The molecule has 3 rings (SSSR count). The first-order chi connectivity index (χ1) is 10.6. The summed E-state index contributed by atoms with van der Waals surface area (Å²) in [6.07, 6.45) is 1.05. The van der Waals surface area contributed by atoms with E-state index in [1.807, 2.05) is 31.2 Å². The van der Waals surface area contributed by atoms with Gasteiger partial charge in [0.05, 0.1) is 18.1 Å². The number of nitrogens with zero attached hydrogens (tertiary/aromatic N) is 2. The molecule has 0 spiro atoms. The van der Waals surface area contributed by atoms with Gasteiger partial charge in [0.2, 0.25) is 0 Å². The fraction of sp³-hybridized carbons (Fsp3) is 0.278. The van der Waals surface area contributed by atoms with Crippen molar-refractivity contribution in [1.29, 1.82) is 0 Å². The molecular weight excluding hydrogens is 274 g/mol. The summed E-state index contributed by atoms with van der Waals surface area (Å²) in [7, 11) is 1.67. The molecule has 0 atom stereocenters. The third-order valence-electron chi connectivity index (χ3n) is 3.94. The van der Waals surface area contributed by atoms with Gasteiger partial charge in [0.25, 0.3) is 0 Å². The third-order valence-corrected chi connectivity index (χ3v) is 3.94. The van der Waals surface area contributed by atoms with E-state index < -0.39 is 0 Å². The molecular formula is C18H21N3O. The molecule has 3 aromatic rings. The van der Waals surface area contributed by atoms with Crippen LogP contribution in [0, 0.1) is 6.92 Å². The minimum absolute atomic E-state index is 0.796. The number of hydrogen-bond acceptors (Lipinski definition) is 3. The molecule has 0 fully saturated rings. The molecule has 1 heterocycles. The Morgan fingerprint density at radius 1 is 1.18 bits per heavy atom. The zero-order valence-corrected chi connectivity index (χ0v) is 13.3. The maximum absolute atomic E-state index is 6.06. The van der Waals surface area contributed by atoms with E-state index in [-0.39, 0.29) is 0 Å². The van der Waals surface area contributed by atoms with Gasteiger partial charge in [-0.3, -0.25) is 0 Å². The van der Waals surface area contributed by atoms with Gasteiger partial charge in [0.1, 0.15) is 11.6 Å². The number of methoxy groups -OCH3 is 1. The van der Waals surface area contributed by atoms with Gasteiger partial charge in [-0.1, -0.05) is 19.1 Å². The summed E-state index contributed by atoms with van der Waals surface area (Å²) in [5.74, 6) is 1.78. The number of aryl methyl sites for hydroxylation is 2. The summed E-state index contributed by atoms with van der Waals surface area (Å²) < 4.78 is 7.55. The Hall–Kier alpha value is -2.49. The molecule has 0 amide bonds. The number of hydrogen-bond donors (Lipinski definition) is 1. The average molecular weight is 295 g/mol. The van der Waals surface area contributed by atoms with Gasteiger partial charge >= 0.3 is 0 Å². The Morgan fingerprint density at radius 2 is 2.00 bits per heavy atom. The van der Waals surface area contributed by atoms with Crippen LogP contribution >= 0.6 is 0 Å². The molecule has 0 aliphatic rings. The normalized spacial score (nSPS) is 11.0. The summed E-state index contributed by atoms with van der Waals surface area (Å²) in [5.41, 5.74) is 11.1. The number of benzene rings is 2. The highest BCUT2D eigenvalue weighted by Crippen LogP contribution is 2.29.